The fourth-order valence-electron chi connectivity index (χ4n) is 3.35. The average molecular weight is 477 g/mol. The van der Waals surface area contributed by atoms with Gasteiger partial charge in [-0.25, -0.2) is 0 Å². The van der Waals surface area contributed by atoms with Crippen molar-refractivity contribution in [3.8, 4) is 15.6 Å². The number of esters is 1. The molecule has 0 spiro atoms. The molecule has 0 N–H and O–H groups in total. The first kappa shape index (κ1) is 24.1. The summed E-state index contributed by atoms with van der Waals surface area (Å²) in [7, 11) is 0. The molecule has 0 radical (unpaired) electrons. The first-order chi connectivity index (χ1) is 13.2. The summed E-state index contributed by atoms with van der Waals surface area (Å²) in [5.74, 6) is 3.98. The van der Waals surface area contributed by atoms with Gasteiger partial charge >= 0.3 is 172 Å². The van der Waals surface area contributed by atoms with E-state index in [4.69, 9.17) is 4.74 Å². The maximum atomic E-state index is 11.9. The SMILES string of the molecule is CCC[CH2][Sn]([C]#CCCCC(=O)Oc1ccccc1)([CH2]CCC)[CH2]CCC. The second-order valence-corrected chi connectivity index (χ2v) is 19.8. The molecule has 0 bridgehead atoms. The van der Waals surface area contributed by atoms with Crippen molar-refractivity contribution in [1.29, 1.82) is 0 Å². The number of benzene rings is 1. The zero-order valence-electron chi connectivity index (χ0n) is 17.7. The van der Waals surface area contributed by atoms with Crippen LogP contribution in [0, 0.1) is 9.86 Å². The summed E-state index contributed by atoms with van der Waals surface area (Å²) < 4.78 is 13.5. The Morgan fingerprint density at radius 1 is 0.889 bits per heavy atom. The van der Waals surface area contributed by atoms with Gasteiger partial charge in [-0.05, 0) is 0 Å². The van der Waals surface area contributed by atoms with Crippen molar-refractivity contribution >= 4 is 24.3 Å². The molecule has 0 saturated carbocycles. The Morgan fingerprint density at radius 2 is 1.44 bits per heavy atom. The van der Waals surface area contributed by atoms with E-state index in [1.54, 1.807) is 0 Å². The molecular formula is C24H38O2Sn. The molecule has 0 atom stereocenters. The second-order valence-electron chi connectivity index (χ2n) is 7.53. The van der Waals surface area contributed by atoms with Crippen molar-refractivity contribution in [3.63, 3.8) is 0 Å². The summed E-state index contributed by atoms with van der Waals surface area (Å²) in [6.45, 7) is 6.88. The van der Waals surface area contributed by atoms with Crippen LogP contribution in [-0.4, -0.2) is 24.3 Å². The van der Waals surface area contributed by atoms with E-state index in [9.17, 15) is 4.79 Å². The van der Waals surface area contributed by atoms with Gasteiger partial charge in [0.05, 0.1) is 0 Å². The summed E-state index contributed by atoms with van der Waals surface area (Å²) in [6, 6.07) is 9.30. The van der Waals surface area contributed by atoms with E-state index >= 15 is 0 Å². The van der Waals surface area contributed by atoms with Crippen LogP contribution in [-0.2, 0) is 4.79 Å². The molecule has 0 saturated heterocycles. The van der Waals surface area contributed by atoms with Gasteiger partial charge in [-0.1, -0.05) is 0 Å². The van der Waals surface area contributed by atoms with E-state index in [0.717, 1.165) is 12.8 Å². The van der Waals surface area contributed by atoms with Gasteiger partial charge in [0.25, 0.3) is 0 Å². The topological polar surface area (TPSA) is 26.3 Å². The van der Waals surface area contributed by atoms with Crippen LogP contribution in [0.1, 0.15) is 78.6 Å². The van der Waals surface area contributed by atoms with Crippen molar-refractivity contribution in [2.24, 2.45) is 0 Å². The molecule has 0 aromatic heterocycles. The Balaban J connectivity index is 2.54. The average Bonchev–Trinajstić information content (AvgIpc) is 2.69. The van der Waals surface area contributed by atoms with E-state index < -0.39 is 18.4 Å². The van der Waals surface area contributed by atoms with Crippen molar-refractivity contribution in [1.82, 2.24) is 0 Å². The minimum atomic E-state index is -2.32. The molecular weight excluding hydrogens is 439 g/mol. The molecule has 150 valence electrons. The van der Waals surface area contributed by atoms with Gasteiger partial charge in [0, 0.05) is 0 Å². The number of hydrogen-bond donors (Lipinski definition) is 0. The first-order valence-corrected chi connectivity index (χ1v) is 18.4. The third-order valence-corrected chi connectivity index (χ3v) is 18.3. The normalized spacial score (nSPS) is 10.9. The number of ether oxygens (including phenoxy) is 1. The fraction of sp³-hybridized carbons (Fsp3) is 0.625. The number of carbonyl (C=O) groups is 1. The van der Waals surface area contributed by atoms with Gasteiger partial charge in [0.15, 0.2) is 0 Å². The molecule has 3 heteroatoms. The molecule has 0 aliphatic rings. The monoisotopic (exact) mass is 478 g/mol. The van der Waals surface area contributed by atoms with E-state index in [0.29, 0.717) is 12.2 Å². The molecule has 0 amide bonds. The third kappa shape index (κ3) is 10.8. The Morgan fingerprint density at radius 3 is 1.96 bits per heavy atom. The standard InChI is InChI=1S/C12H11O2.3C4H9.Sn/c1-2-3-5-10-12(13)14-11-8-6-4-7-9-11;3*1-3-4-2;/h4,6-9H,3,5,10H2;3*1,3-4H2,2H3;. The van der Waals surface area contributed by atoms with E-state index in [2.05, 4.69) is 30.6 Å². The van der Waals surface area contributed by atoms with E-state index in [1.807, 2.05) is 30.3 Å². The molecule has 0 unspecified atom stereocenters. The van der Waals surface area contributed by atoms with Gasteiger partial charge in [-0.2, -0.15) is 0 Å². The van der Waals surface area contributed by atoms with Gasteiger partial charge in [0.1, 0.15) is 0 Å². The van der Waals surface area contributed by atoms with E-state index in [-0.39, 0.29) is 5.97 Å². The Labute approximate surface area is 171 Å². The van der Waals surface area contributed by atoms with Crippen LogP contribution in [0.15, 0.2) is 30.3 Å². The Kier molecular flexibility index (Phi) is 13.4. The number of para-hydroxylation sites is 1. The quantitative estimate of drug-likeness (QED) is 0.0992. The summed E-state index contributed by atoms with van der Waals surface area (Å²) in [4.78, 5) is 11.9. The number of hydrogen-bond acceptors (Lipinski definition) is 2. The van der Waals surface area contributed by atoms with Crippen LogP contribution in [0.5, 0.6) is 5.75 Å². The fourth-order valence-corrected chi connectivity index (χ4v) is 16.8. The van der Waals surface area contributed by atoms with Crippen molar-refractivity contribution in [3.05, 3.63) is 30.3 Å². The van der Waals surface area contributed by atoms with Gasteiger partial charge < -0.3 is 0 Å². The molecule has 1 aromatic rings. The van der Waals surface area contributed by atoms with Crippen LogP contribution in [0.2, 0.25) is 13.3 Å². The van der Waals surface area contributed by atoms with Crippen LogP contribution in [0.3, 0.4) is 0 Å². The maximum absolute atomic E-state index is 11.9. The molecule has 0 aliphatic heterocycles. The molecule has 0 heterocycles. The van der Waals surface area contributed by atoms with Crippen LogP contribution in [0.25, 0.3) is 0 Å². The van der Waals surface area contributed by atoms with Crippen LogP contribution < -0.4 is 4.74 Å². The molecule has 1 rings (SSSR count). The second kappa shape index (κ2) is 15.0. The van der Waals surface area contributed by atoms with Crippen LogP contribution in [0.4, 0.5) is 0 Å². The Bertz CT molecular complexity index is 549. The van der Waals surface area contributed by atoms with Crippen molar-refractivity contribution in [2.45, 2.75) is 91.9 Å². The molecule has 1 aromatic carbocycles. The van der Waals surface area contributed by atoms with Gasteiger partial charge in [-0.15, -0.1) is 0 Å². The number of carbonyl (C=O) groups excluding carboxylic acids is 1. The summed E-state index contributed by atoms with van der Waals surface area (Å²) in [6.07, 6.45) is 9.97. The minimum absolute atomic E-state index is 0.152. The molecule has 0 aliphatic carbocycles. The number of rotatable bonds is 13. The Hall–Kier alpha value is -0.951. The van der Waals surface area contributed by atoms with Crippen LogP contribution >= 0.6 is 0 Å². The first-order valence-electron chi connectivity index (χ1n) is 10.9. The van der Waals surface area contributed by atoms with E-state index in [1.165, 1.54) is 51.8 Å². The van der Waals surface area contributed by atoms with Crippen molar-refractivity contribution < 1.29 is 9.53 Å². The molecule has 27 heavy (non-hydrogen) atoms. The molecule has 2 nitrogen and oxygen atoms in total. The summed E-state index contributed by atoms with van der Waals surface area (Å²) in [5, 5.41) is 0. The predicted molar refractivity (Wildman–Crippen MR) is 119 cm³/mol. The third-order valence-electron chi connectivity index (χ3n) is 5.04. The van der Waals surface area contributed by atoms with Gasteiger partial charge in [0.2, 0.25) is 0 Å². The number of unbranched alkanes of at least 4 members (excludes halogenated alkanes) is 4. The van der Waals surface area contributed by atoms with Gasteiger partial charge in [-0.3, -0.25) is 0 Å². The zero-order chi connectivity index (χ0) is 19.8. The molecule has 0 fully saturated rings. The zero-order valence-corrected chi connectivity index (χ0v) is 20.5. The predicted octanol–water partition coefficient (Wildman–Crippen LogP) is 7.15. The summed E-state index contributed by atoms with van der Waals surface area (Å²) >= 11 is -2.32. The van der Waals surface area contributed by atoms with Crippen molar-refractivity contribution in [2.75, 3.05) is 0 Å². The summed E-state index contributed by atoms with van der Waals surface area (Å²) in [5.41, 5.74) is 0.